The lowest BCUT2D eigenvalue weighted by Crippen LogP contribution is -2.39. The topological polar surface area (TPSA) is 89.9 Å². The van der Waals surface area contributed by atoms with E-state index in [4.69, 9.17) is 4.42 Å². The molecule has 1 fully saturated rings. The fourth-order valence-electron chi connectivity index (χ4n) is 3.76. The maximum absolute atomic E-state index is 12.8. The molecule has 8 nitrogen and oxygen atoms in total. The average Bonchev–Trinajstić information content (AvgIpc) is 3.40. The second kappa shape index (κ2) is 8.55. The summed E-state index contributed by atoms with van der Waals surface area (Å²) < 4.78 is 7.78. The summed E-state index contributed by atoms with van der Waals surface area (Å²) in [5.74, 6) is 1.25. The summed E-state index contributed by atoms with van der Waals surface area (Å²) in [7, 11) is 0. The summed E-state index contributed by atoms with van der Waals surface area (Å²) in [5.41, 5.74) is 2.81. The molecular weight excluding hydrogens is 368 g/mol. The van der Waals surface area contributed by atoms with E-state index in [1.165, 1.54) is 0 Å². The fraction of sp³-hybridized carbons (Fsp3) is 0.476. The number of aromatic nitrogens is 5. The molecule has 0 N–H and O–H groups in total. The van der Waals surface area contributed by atoms with Gasteiger partial charge >= 0.3 is 0 Å². The first-order valence-corrected chi connectivity index (χ1v) is 10.2. The van der Waals surface area contributed by atoms with Crippen LogP contribution >= 0.6 is 0 Å². The molecule has 0 radical (unpaired) electrons. The second-order valence-electron chi connectivity index (χ2n) is 7.43. The molecule has 8 heteroatoms. The molecule has 3 aromatic rings. The standard InChI is InChI=1S/C21H26N6O2/c1-3-27-14-16(15(2)25-27)9-10-19(28)26-12-6-7-17(13-26)20-23-24-21(29-20)18-8-4-5-11-22-18/h4-5,8,11,14,17H,3,6-7,9-10,12-13H2,1-2H3. The van der Waals surface area contributed by atoms with Crippen LogP contribution in [0.4, 0.5) is 0 Å². The number of carbonyl (C=O) groups is 1. The zero-order chi connectivity index (χ0) is 20.2. The summed E-state index contributed by atoms with van der Waals surface area (Å²) >= 11 is 0. The van der Waals surface area contributed by atoms with Gasteiger partial charge in [-0.25, -0.2) is 0 Å². The molecule has 1 saturated heterocycles. The van der Waals surface area contributed by atoms with Crippen molar-refractivity contribution in [1.82, 2.24) is 29.9 Å². The zero-order valence-electron chi connectivity index (χ0n) is 16.9. The van der Waals surface area contributed by atoms with E-state index in [1.807, 2.05) is 40.9 Å². The van der Waals surface area contributed by atoms with Crippen LogP contribution in [0.25, 0.3) is 11.6 Å². The van der Waals surface area contributed by atoms with Crippen molar-refractivity contribution in [3.63, 3.8) is 0 Å². The molecule has 0 spiro atoms. The Kier molecular flexibility index (Phi) is 5.69. The number of hydrogen-bond acceptors (Lipinski definition) is 6. The maximum atomic E-state index is 12.8. The Balaban J connectivity index is 1.37. The number of likely N-dealkylation sites (tertiary alicyclic amines) is 1. The van der Waals surface area contributed by atoms with Crippen LogP contribution in [0.3, 0.4) is 0 Å². The van der Waals surface area contributed by atoms with Crippen molar-refractivity contribution in [2.75, 3.05) is 13.1 Å². The number of amides is 1. The summed E-state index contributed by atoms with van der Waals surface area (Å²) in [4.78, 5) is 19.0. The number of pyridine rings is 1. The first kappa shape index (κ1) is 19.3. The molecular formula is C21H26N6O2. The van der Waals surface area contributed by atoms with Crippen molar-refractivity contribution in [2.45, 2.75) is 52.0 Å². The van der Waals surface area contributed by atoms with E-state index < -0.39 is 0 Å². The van der Waals surface area contributed by atoms with Crippen molar-refractivity contribution in [3.05, 3.63) is 47.7 Å². The quantitative estimate of drug-likeness (QED) is 0.638. The first-order chi connectivity index (χ1) is 14.1. The lowest BCUT2D eigenvalue weighted by atomic mass is 9.97. The van der Waals surface area contributed by atoms with Gasteiger partial charge in [0.15, 0.2) is 0 Å². The van der Waals surface area contributed by atoms with Gasteiger partial charge in [0.2, 0.25) is 11.8 Å². The van der Waals surface area contributed by atoms with E-state index in [0.717, 1.165) is 43.6 Å². The molecule has 1 amide bonds. The Morgan fingerprint density at radius 1 is 1.31 bits per heavy atom. The smallest absolute Gasteiger partial charge is 0.266 e. The van der Waals surface area contributed by atoms with Gasteiger partial charge in [-0.15, -0.1) is 10.2 Å². The predicted molar refractivity (Wildman–Crippen MR) is 107 cm³/mol. The summed E-state index contributed by atoms with van der Waals surface area (Å²) in [6.45, 7) is 6.30. The minimum Gasteiger partial charge on any atom is -0.419 e. The van der Waals surface area contributed by atoms with E-state index in [2.05, 4.69) is 27.2 Å². The van der Waals surface area contributed by atoms with E-state index in [0.29, 0.717) is 30.4 Å². The van der Waals surface area contributed by atoms with Crippen molar-refractivity contribution in [1.29, 1.82) is 0 Å². The van der Waals surface area contributed by atoms with E-state index >= 15 is 0 Å². The SMILES string of the molecule is CCn1cc(CCC(=O)N2CCCC(c3nnc(-c4ccccn4)o3)C2)c(C)n1. The van der Waals surface area contributed by atoms with Crippen molar-refractivity contribution < 1.29 is 9.21 Å². The molecule has 4 heterocycles. The third-order valence-electron chi connectivity index (χ3n) is 5.43. The third-order valence-corrected chi connectivity index (χ3v) is 5.43. The molecule has 29 heavy (non-hydrogen) atoms. The highest BCUT2D eigenvalue weighted by Gasteiger charge is 2.28. The van der Waals surface area contributed by atoms with Crippen molar-refractivity contribution in [3.8, 4) is 11.6 Å². The summed E-state index contributed by atoms with van der Waals surface area (Å²) in [5, 5.41) is 12.8. The van der Waals surface area contributed by atoms with Crippen LogP contribution in [0.1, 0.15) is 49.3 Å². The lowest BCUT2D eigenvalue weighted by molar-refractivity contribution is -0.132. The monoisotopic (exact) mass is 394 g/mol. The van der Waals surface area contributed by atoms with Gasteiger partial charge in [-0.3, -0.25) is 14.5 Å². The van der Waals surface area contributed by atoms with Gasteiger partial charge in [-0.1, -0.05) is 6.07 Å². The minimum atomic E-state index is 0.0715. The zero-order valence-corrected chi connectivity index (χ0v) is 16.9. The van der Waals surface area contributed by atoms with Crippen LogP contribution in [-0.4, -0.2) is 48.9 Å². The fourth-order valence-corrected chi connectivity index (χ4v) is 3.76. The molecule has 1 unspecified atom stereocenters. The normalized spacial score (nSPS) is 16.9. The minimum absolute atomic E-state index is 0.0715. The molecule has 1 aliphatic heterocycles. The molecule has 3 aromatic heterocycles. The number of aryl methyl sites for hydroxylation is 3. The van der Waals surface area contributed by atoms with Crippen molar-refractivity contribution in [2.24, 2.45) is 0 Å². The van der Waals surface area contributed by atoms with Crippen LogP contribution in [0, 0.1) is 6.92 Å². The van der Waals surface area contributed by atoms with Crippen LogP contribution < -0.4 is 0 Å². The van der Waals surface area contributed by atoms with Gasteiger partial charge in [0.25, 0.3) is 5.89 Å². The van der Waals surface area contributed by atoms with E-state index in [-0.39, 0.29) is 11.8 Å². The van der Waals surface area contributed by atoms with Gasteiger partial charge in [-0.2, -0.15) is 5.10 Å². The summed E-state index contributed by atoms with van der Waals surface area (Å²) in [6, 6.07) is 5.58. The Morgan fingerprint density at radius 3 is 2.97 bits per heavy atom. The molecule has 1 atom stereocenters. The Hall–Kier alpha value is -3.03. The first-order valence-electron chi connectivity index (χ1n) is 10.2. The molecule has 0 aromatic carbocycles. The van der Waals surface area contributed by atoms with Gasteiger partial charge in [0.05, 0.1) is 11.6 Å². The molecule has 1 aliphatic rings. The van der Waals surface area contributed by atoms with Gasteiger partial charge < -0.3 is 9.32 Å². The maximum Gasteiger partial charge on any atom is 0.266 e. The van der Waals surface area contributed by atoms with Gasteiger partial charge in [0, 0.05) is 38.4 Å². The van der Waals surface area contributed by atoms with Crippen LogP contribution in [0.15, 0.2) is 35.0 Å². The highest BCUT2D eigenvalue weighted by molar-refractivity contribution is 5.76. The predicted octanol–water partition coefficient (Wildman–Crippen LogP) is 3.00. The van der Waals surface area contributed by atoms with Crippen LogP contribution in [0.5, 0.6) is 0 Å². The Morgan fingerprint density at radius 2 is 2.21 bits per heavy atom. The van der Waals surface area contributed by atoms with Crippen LogP contribution in [-0.2, 0) is 17.8 Å². The largest absolute Gasteiger partial charge is 0.419 e. The number of nitrogens with zero attached hydrogens (tertiary/aromatic N) is 6. The molecule has 0 bridgehead atoms. The Bertz CT molecular complexity index is 965. The van der Waals surface area contributed by atoms with Crippen LogP contribution in [0.2, 0.25) is 0 Å². The van der Waals surface area contributed by atoms with E-state index in [1.54, 1.807) is 6.20 Å². The number of rotatable bonds is 6. The highest BCUT2D eigenvalue weighted by Crippen LogP contribution is 2.28. The highest BCUT2D eigenvalue weighted by atomic mass is 16.4. The molecule has 0 saturated carbocycles. The lowest BCUT2D eigenvalue weighted by Gasteiger charge is -2.31. The average molecular weight is 394 g/mol. The molecule has 4 rings (SSSR count). The van der Waals surface area contributed by atoms with Gasteiger partial charge in [0.1, 0.15) is 5.69 Å². The van der Waals surface area contributed by atoms with E-state index in [9.17, 15) is 4.79 Å². The number of hydrogen-bond donors (Lipinski definition) is 0. The van der Waals surface area contributed by atoms with Crippen molar-refractivity contribution >= 4 is 5.91 Å². The summed E-state index contributed by atoms with van der Waals surface area (Å²) in [6.07, 6.45) is 6.83. The number of carbonyl (C=O) groups excluding carboxylic acids is 1. The number of piperidine rings is 1. The third kappa shape index (κ3) is 4.36. The van der Waals surface area contributed by atoms with Gasteiger partial charge in [-0.05, 0) is 50.8 Å². The molecule has 0 aliphatic carbocycles. The molecule has 152 valence electrons. The Labute approximate surface area is 170 Å². The second-order valence-corrected chi connectivity index (χ2v) is 7.43.